The second-order valence-electron chi connectivity index (χ2n) is 8.51. The number of anilines is 2. The zero-order chi connectivity index (χ0) is 23.9. The lowest BCUT2D eigenvalue weighted by Gasteiger charge is -2.38. The van der Waals surface area contributed by atoms with Crippen molar-refractivity contribution < 1.29 is 9.18 Å². The Kier molecular flexibility index (Phi) is 7.54. The molecule has 1 aromatic carbocycles. The first-order chi connectivity index (χ1) is 16.5. The van der Waals surface area contributed by atoms with Gasteiger partial charge in [0.1, 0.15) is 0 Å². The molecule has 2 N–H and O–H groups in total. The number of urea groups is 1. The van der Waals surface area contributed by atoms with Gasteiger partial charge in [-0.1, -0.05) is 12.1 Å². The Morgan fingerprint density at radius 3 is 2.56 bits per heavy atom. The minimum Gasteiger partial charge on any atom is -0.342 e. The van der Waals surface area contributed by atoms with Gasteiger partial charge < -0.3 is 20.4 Å². The first-order valence-corrected chi connectivity index (χ1v) is 11.5. The summed E-state index contributed by atoms with van der Waals surface area (Å²) in [6.45, 7) is 7.05. The Balaban J connectivity index is 1.34. The van der Waals surface area contributed by atoms with Crippen molar-refractivity contribution in [3.63, 3.8) is 0 Å². The molecular weight excluding hydrogens is 435 g/mol. The van der Waals surface area contributed by atoms with Gasteiger partial charge in [-0.05, 0) is 38.0 Å². The summed E-state index contributed by atoms with van der Waals surface area (Å²) in [5, 5.41) is 14.4. The maximum Gasteiger partial charge on any atom is 0.323 e. The number of piperazine rings is 1. The van der Waals surface area contributed by atoms with Crippen LogP contribution in [0.15, 0.2) is 41.5 Å². The number of carbonyl (C=O) groups is 1. The number of carbonyl (C=O) groups excluding carboxylic acids is 1. The summed E-state index contributed by atoms with van der Waals surface area (Å²) in [5.41, 5.74) is 2.03. The van der Waals surface area contributed by atoms with E-state index < -0.39 is 11.8 Å². The highest BCUT2D eigenvalue weighted by atomic mass is 19.1. The zero-order valence-electron chi connectivity index (χ0n) is 19.3. The first kappa shape index (κ1) is 23.4. The molecule has 178 valence electrons. The molecule has 0 aliphatic carbocycles. The van der Waals surface area contributed by atoms with E-state index in [1.54, 1.807) is 36.5 Å². The lowest BCUT2D eigenvalue weighted by atomic mass is 10.1. The van der Waals surface area contributed by atoms with Gasteiger partial charge in [0, 0.05) is 69.0 Å². The molecule has 2 fully saturated rings. The number of aromatic nitrogens is 1. The molecule has 2 aromatic rings. The fraction of sp³-hybridized carbons (Fsp3) is 0.417. The third-order valence-corrected chi connectivity index (χ3v) is 6.07. The summed E-state index contributed by atoms with van der Waals surface area (Å²) in [5.74, 6) is 0.321. The molecule has 1 aromatic heterocycles. The molecule has 2 amide bonds. The minimum absolute atomic E-state index is 0.136. The van der Waals surface area contributed by atoms with Gasteiger partial charge in [-0.2, -0.15) is 5.26 Å². The van der Waals surface area contributed by atoms with Crippen molar-refractivity contribution in [2.45, 2.75) is 26.3 Å². The Hall–Kier alpha value is -3.71. The SMILES string of the molecule is Cc1cc(NC(=O)Nc2cccc(CN3CCN(/C(=N/C#N)N4CCCC4)CC3)c2F)ccn1. The summed E-state index contributed by atoms with van der Waals surface area (Å²) >= 11 is 0. The summed E-state index contributed by atoms with van der Waals surface area (Å²) in [6, 6.07) is 7.93. The van der Waals surface area contributed by atoms with E-state index in [9.17, 15) is 4.79 Å². The smallest absolute Gasteiger partial charge is 0.323 e. The quantitative estimate of drug-likeness (QED) is 0.409. The first-order valence-electron chi connectivity index (χ1n) is 11.5. The summed E-state index contributed by atoms with van der Waals surface area (Å²) in [7, 11) is 0. The molecule has 0 radical (unpaired) electrons. The number of nitrogens with one attached hydrogen (secondary N) is 2. The number of hydrogen-bond acceptors (Lipinski definition) is 5. The fourth-order valence-corrected chi connectivity index (χ4v) is 4.36. The molecular formula is C24H29FN8O. The molecule has 4 rings (SSSR count). The molecule has 10 heteroatoms. The van der Waals surface area contributed by atoms with Gasteiger partial charge in [-0.15, -0.1) is 4.99 Å². The molecule has 9 nitrogen and oxygen atoms in total. The minimum atomic E-state index is -0.513. The van der Waals surface area contributed by atoms with Gasteiger partial charge in [0.05, 0.1) is 5.69 Å². The van der Waals surface area contributed by atoms with Crippen molar-refractivity contribution in [2.24, 2.45) is 4.99 Å². The topological polar surface area (TPSA) is 99.9 Å². The number of guanidine groups is 1. The van der Waals surface area contributed by atoms with Crippen LogP contribution >= 0.6 is 0 Å². The normalized spacial score (nSPS) is 16.9. The highest BCUT2D eigenvalue weighted by Crippen LogP contribution is 2.21. The Labute approximate surface area is 198 Å². The summed E-state index contributed by atoms with van der Waals surface area (Å²) < 4.78 is 15.1. The predicted molar refractivity (Wildman–Crippen MR) is 129 cm³/mol. The number of rotatable bonds is 4. The van der Waals surface area contributed by atoms with Gasteiger partial charge >= 0.3 is 6.03 Å². The van der Waals surface area contributed by atoms with E-state index in [0.29, 0.717) is 17.8 Å². The molecule has 0 spiro atoms. The molecule has 2 aliphatic rings. The number of aliphatic imine (C=N–C) groups is 1. The molecule has 34 heavy (non-hydrogen) atoms. The standard InChI is InChI=1S/C24H29FN8O/c1-18-15-20(7-8-27-18)29-23(34)30-21-6-4-5-19(22(21)25)16-31-11-13-33(14-12-31)24(28-17-26)32-9-2-3-10-32/h4-8,15H,2-3,9-14,16H2,1H3,(H2,27,29,30,34)/b28-24+. The third kappa shape index (κ3) is 5.80. The van der Waals surface area contributed by atoms with Crippen LogP contribution in [-0.4, -0.2) is 70.9 Å². The van der Waals surface area contributed by atoms with E-state index in [0.717, 1.165) is 63.8 Å². The number of amides is 2. The van der Waals surface area contributed by atoms with Gasteiger partial charge in [-0.3, -0.25) is 9.88 Å². The number of aryl methyl sites for hydroxylation is 1. The molecule has 0 atom stereocenters. The van der Waals surface area contributed by atoms with Crippen LogP contribution in [0.2, 0.25) is 0 Å². The number of nitrogens with zero attached hydrogens (tertiary/aromatic N) is 6. The second kappa shape index (κ2) is 10.9. The van der Waals surface area contributed by atoms with Crippen LogP contribution in [0.5, 0.6) is 0 Å². The molecule has 0 unspecified atom stereocenters. The van der Waals surface area contributed by atoms with Crippen molar-refractivity contribution in [1.82, 2.24) is 19.7 Å². The lowest BCUT2D eigenvalue weighted by molar-refractivity contribution is 0.163. The fourth-order valence-electron chi connectivity index (χ4n) is 4.36. The van der Waals surface area contributed by atoms with Crippen molar-refractivity contribution in [2.75, 3.05) is 49.9 Å². The van der Waals surface area contributed by atoms with Crippen molar-refractivity contribution in [3.8, 4) is 6.19 Å². The van der Waals surface area contributed by atoms with Gasteiger partial charge in [0.2, 0.25) is 12.2 Å². The Bertz CT molecular complexity index is 1080. The lowest BCUT2D eigenvalue weighted by Crippen LogP contribution is -2.52. The molecule has 2 aliphatic heterocycles. The van der Waals surface area contributed by atoms with Crippen LogP contribution in [0, 0.1) is 24.2 Å². The van der Waals surface area contributed by atoms with Gasteiger partial charge in [0.25, 0.3) is 0 Å². The largest absolute Gasteiger partial charge is 0.342 e. The van der Waals surface area contributed by atoms with E-state index in [2.05, 4.69) is 35.3 Å². The number of halogens is 1. The number of benzene rings is 1. The van der Waals surface area contributed by atoms with E-state index in [1.807, 2.05) is 13.1 Å². The number of nitriles is 1. The predicted octanol–water partition coefficient (Wildman–Crippen LogP) is 3.22. The van der Waals surface area contributed by atoms with Gasteiger partial charge in [0.15, 0.2) is 5.82 Å². The molecule has 0 bridgehead atoms. The van der Waals surface area contributed by atoms with E-state index in [-0.39, 0.29) is 5.69 Å². The molecule has 2 saturated heterocycles. The Morgan fingerprint density at radius 2 is 1.85 bits per heavy atom. The summed E-state index contributed by atoms with van der Waals surface area (Å²) in [6.07, 6.45) is 5.78. The highest BCUT2D eigenvalue weighted by Gasteiger charge is 2.26. The average molecular weight is 465 g/mol. The van der Waals surface area contributed by atoms with Crippen LogP contribution in [0.3, 0.4) is 0 Å². The van der Waals surface area contributed by atoms with Crippen LogP contribution in [0.4, 0.5) is 20.6 Å². The second-order valence-corrected chi connectivity index (χ2v) is 8.51. The zero-order valence-corrected chi connectivity index (χ0v) is 19.3. The highest BCUT2D eigenvalue weighted by molar-refractivity contribution is 5.99. The van der Waals surface area contributed by atoms with Crippen molar-refractivity contribution in [1.29, 1.82) is 5.26 Å². The van der Waals surface area contributed by atoms with Gasteiger partial charge in [-0.25, -0.2) is 9.18 Å². The van der Waals surface area contributed by atoms with Crippen molar-refractivity contribution in [3.05, 3.63) is 53.6 Å². The van der Waals surface area contributed by atoms with Crippen LogP contribution in [0.1, 0.15) is 24.1 Å². The van der Waals surface area contributed by atoms with E-state index >= 15 is 4.39 Å². The monoisotopic (exact) mass is 464 g/mol. The van der Waals surface area contributed by atoms with Crippen LogP contribution in [-0.2, 0) is 6.54 Å². The van der Waals surface area contributed by atoms with E-state index in [4.69, 9.17) is 5.26 Å². The number of pyridine rings is 1. The molecule has 3 heterocycles. The van der Waals surface area contributed by atoms with Crippen molar-refractivity contribution >= 4 is 23.4 Å². The number of likely N-dealkylation sites (tertiary alicyclic amines) is 1. The number of hydrogen-bond donors (Lipinski definition) is 2. The summed E-state index contributed by atoms with van der Waals surface area (Å²) in [4.78, 5) is 27.0. The van der Waals surface area contributed by atoms with Crippen LogP contribution < -0.4 is 10.6 Å². The molecule has 0 saturated carbocycles. The van der Waals surface area contributed by atoms with Crippen LogP contribution in [0.25, 0.3) is 0 Å². The maximum atomic E-state index is 15.1. The third-order valence-electron chi connectivity index (χ3n) is 6.07. The van der Waals surface area contributed by atoms with E-state index in [1.165, 1.54) is 0 Å². The average Bonchev–Trinajstić information content (AvgIpc) is 3.35. The maximum absolute atomic E-state index is 15.1. The Morgan fingerprint density at radius 1 is 1.12 bits per heavy atom.